The smallest absolute Gasteiger partial charge is 0.325 e. The molecule has 0 aromatic carbocycles. The second kappa shape index (κ2) is 8.21. The van der Waals surface area contributed by atoms with Gasteiger partial charge in [-0.1, -0.05) is 0 Å². The van der Waals surface area contributed by atoms with E-state index in [9.17, 15) is 18.0 Å². The lowest BCUT2D eigenvalue weighted by Crippen LogP contribution is -2.49. The van der Waals surface area contributed by atoms with Crippen LogP contribution in [-0.4, -0.2) is 62.4 Å². The molecule has 0 aliphatic rings. The van der Waals surface area contributed by atoms with Crippen LogP contribution in [0.3, 0.4) is 0 Å². The number of nitrogens with zero attached hydrogens (tertiary/aromatic N) is 1. The van der Waals surface area contributed by atoms with Gasteiger partial charge in [0.2, 0.25) is 5.91 Å². The highest BCUT2D eigenvalue weighted by atomic mass is 32.2. The Labute approximate surface area is 120 Å². The maximum atomic E-state index is 12.1. The molecule has 118 valence electrons. The molecule has 0 aliphatic carbocycles. The molecular formula is C12H24N2O5S. The first-order valence-corrected chi connectivity index (χ1v) is 8.54. The van der Waals surface area contributed by atoms with Crippen LogP contribution < -0.4 is 5.73 Å². The molecule has 0 fully saturated rings. The lowest BCUT2D eigenvalue weighted by molar-refractivity contribution is -0.150. The van der Waals surface area contributed by atoms with Crippen LogP contribution in [-0.2, 0) is 24.2 Å². The van der Waals surface area contributed by atoms with Crippen LogP contribution in [0.2, 0.25) is 0 Å². The summed E-state index contributed by atoms with van der Waals surface area (Å²) in [5.74, 6) is -1.12. The first-order chi connectivity index (χ1) is 9.08. The molecule has 0 rings (SSSR count). The van der Waals surface area contributed by atoms with Crippen molar-refractivity contribution in [3.8, 4) is 0 Å². The molecule has 0 aromatic rings. The van der Waals surface area contributed by atoms with E-state index in [2.05, 4.69) is 0 Å². The molecule has 20 heavy (non-hydrogen) atoms. The first kappa shape index (κ1) is 18.9. The molecule has 0 radical (unpaired) electrons. The summed E-state index contributed by atoms with van der Waals surface area (Å²) in [5.41, 5.74) is 5.71. The Balaban J connectivity index is 4.67. The van der Waals surface area contributed by atoms with Crippen molar-refractivity contribution >= 4 is 21.7 Å². The summed E-state index contributed by atoms with van der Waals surface area (Å²) in [6.07, 6.45) is 1.12. The standard InChI is InChI=1S/C12H24N2O5S/c1-5-19-11(15)8-14(9(2)3)12(16)10(13)6-7-20(4,17)18/h9-10H,5-8,13H2,1-4H3. The van der Waals surface area contributed by atoms with E-state index >= 15 is 0 Å². The van der Waals surface area contributed by atoms with Gasteiger partial charge in [0.05, 0.1) is 18.4 Å². The fraction of sp³-hybridized carbons (Fsp3) is 0.833. The Kier molecular flexibility index (Phi) is 7.74. The number of carbonyl (C=O) groups excluding carboxylic acids is 2. The first-order valence-electron chi connectivity index (χ1n) is 6.47. The van der Waals surface area contributed by atoms with Crippen LogP contribution >= 0.6 is 0 Å². The van der Waals surface area contributed by atoms with E-state index in [0.29, 0.717) is 0 Å². The molecular weight excluding hydrogens is 284 g/mol. The Morgan fingerprint density at radius 3 is 2.25 bits per heavy atom. The lowest BCUT2D eigenvalue weighted by atomic mass is 10.2. The van der Waals surface area contributed by atoms with Crippen LogP contribution in [0, 0.1) is 0 Å². The van der Waals surface area contributed by atoms with E-state index in [-0.39, 0.29) is 31.4 Å². The van der Waals surface area contributed by atoms with Gasteiger partial charge in [-0.2, -0.15) is 0 Å². The Bertz CT molecular complexity index is 433. The number of sulfone groups is 1. The molecule has 0 heterocycles. The van der Waals surface area contributed by atoms with Crippen molar-refractivity contribution in [2.45, 2.75) is 39.3 Å². The van der Waals surface area contributed by atoms with Crippen molar-refractivity contribution in [2.75, 3.05) is 25.2 Å². The van der Waals surface area contributed by atoms with Gasteiger partial charge < -0.3 is 15.4 Å². The molecule has 2 N–H and O–H groups in total. The van der Waals surface area contributed by atoms with Crippen molar-refractivity contribution in [3.05, 3.63) is 0 Å². The SMILES string of the molecule is CCOC(=O)CN(C(=O)C(N)CCS(C)(=O)=O)C(C)C. The van der Waals surface area contributed by atoms with Gasteiger partial charge in [-0.25, -0.2) is 8.42 Å². The Morgan fingerprint density at radius 1 is 1.30 bits per heavy atom. The summed E-state index contributed by atoms with van der Waals surface area (Å²) >= 11 is 0. The predicted octanol–water partition coefficient (Wildman–Crippen LogP) is -0.451. The molecule has 1 unspecified atom stereocenters. The summed E-state index contributed by atoms with van der Waals surface area (Å²) in [5, 5.41) is 0. The highest BCUT2D eigenvalue weighted by Crippen LogP contribution is 2.05. The third-order valence-corrected chi connectivity index (χ3v) is 3.61. The number of ether oxygens (including phenoxy) is 1. The molecule has 0 aliphatic heterocycles. The lowest BCUT2D eigenvalue weighted by Gasteiger charge is -2.28. The van der Waals surface area contributed by atoms with Gasteiger partial charge in [-0.3, -0.25) is 9.59 Å². The Morgan fingerprint density at radius 2 is 1.85 bits per heavy atom. The molecule has 1 amide bonds. The number of rotatable bonds is 8. The van der Waals surface area contributed by atoms with Gasteiger partial charge in [0, 0.05) is 12.3 Å². The van der Waals surface area contributed by atoms with E-state index in [1.54, 1.807) is 20.8 Å². The second-order valence-electron chi connectivity index (χ2n) is 4.89. The zero-order valence-electron chi connectivity index (χ0n) is 12.5. The van der Waals surface area contributed by atoms with E-state index in [4.69, 9.17) is 10.5 Å². The van der Waals surface area contributed by atoms with Crippen LogP contribution in [0.4, 0.5) is 0 Å². The van der Waals surface area contributed by atoms with Gasteiger partial charge in [-0.05, 0) is 27.2 Å². The topological polar surface area (TPSA) is 107 Å². The molecule has 0 saturated carbocycles. The second-order valence-corrected chi connectivity index (χ2v) is 7.15. The molecule has 0 saturated heterocycles. The molecule has 0 aromatic heterocycles. The fourth-order valence-corrected chi connectivity index (χ4v) is 2.22. The summed E-state index contributed by atoms with van der Waals surface area (Å²) in [4.78, 5) is 24.9. The molecule has 7 nitrogen and oxygen atoms in total. The number of hydrogen-bond acceptors (Lipinski definition) is 6. The summed E-state index contributed by atoms with van der Waals surface area (Å²) in [7, 11) is -3.17. The van der Waals surface area contributed by atoms with E-state index < -0.39 is 27.8 Å². The van der Waals surface area contributed by atoms with E-state index in [0.717, 1.165) is 6.26 Å². The summed E-state index contributed by atoms with van der Waals surface area (Å²) in [6, 6.07) is -1.17. The third kappa shape index (κ3) is 7.44. The average molecular weight is 308 g/mol. The van der Waals surface area contributed by atoms with Crippen molar-refractivity contribution in [3.63, 3.8) is 0 Å². The van der Waals surface area contributed by atoms with E-state index in [1.165, 1.54) is 4.90 Å². The molecule has 1 atom stereocenters. The fourth-order valence-electron chi connectivity index (χ4n) is 1.54. The highest BCUT2D eigenvalue weighted by Gasteiger charge is 2.26. The van der Waals surface area contributed by atoms with Crippen LogP contribution in [0.15, 0.2) is 0 Å². The molecule has 8 heteroatoms. The predicted molar refractivity (Wildman–Crippen MR) is 75.8 cm³/mol. The highest BCUT2D eigenvalue weighted by molar-refractivity contribution is 7.90. The number of carbonyl (C=O) groups is 2. The van der Waals surface area contributed by atoms with Crippen molar-refractivity contribution in [1.29, 1.82) is 0 Å². The van der Waals surface area contributed by atoms with Gasteiger partial charge in [0.25, 0.3) is 0 Å². The minimum Gasteiger partial charge on any atom is -0.465 e. The molecule has 0 spiro atoms. The zero-order chi connectivity index (χ0) is 15.9. The minimum atomic E-state index is -3.17. The van der Waals surface area contributed by atoms with Crippen molar-refractivity contribution in [2.24, 2.45) is 5.73 Å². The van der Waals surface area contributed by atoms with Crippen LogP contribution in [0.5, 0.6) is 0 Å². The summed E-state index contributed by atoms with van der Waals surface area (Å²) < 4.78 is 26.9. The van der Waals surface area contributed by atoms with Gasteiger partial charge in [0.15, 0.2) is 0 Å². The summed E-state index contributed by atoms with van der Waals surface area (Å²) in [6.45, 7) is 5.23. The number of esters is 1. The Hall–Kier alpha value is -1.15. The van der Waals surface area contributed by atoms with Gasteiger partial charge >= 0.3 is 5.97 Å². The van der Waals surface area contributed by atoms with Gasteiger partial charge in [-0.15, -0.1) is 0 Å². The number of amides is 1. The maximum absolute atomic E-state index is 12.1. The van der Waals surface area contributed by atoms with Gasteiger partial charge in [0.1, 0.15) is 16.4 Å². The quantitative estimate of drug-likeness (QED) is 0.609. The number of nitrogens with two attached hydrogens (primary N) is 1. The minimum absolute atomic E-state index is 0.0315. The number of hydrogen-bond donors (Lipinski definition) is 1. The van der Waals surface area contributed by atoms with Crippen LogP contribution in [0.25, 0.3) is 0 Å². The zero-order valence-corrected chi connectivity index (χ0v) is 13.3. The normalized spacial score (nSPS) is 13.1. The monoisotopic (exact) mass is 308 g/mol. The van der Waals surface area contributed by atoms with E-state index in [1.807, 2.05) is 0 Å². The maximum Gasteiger partial charge on any atom is 0.325 e. The third-order valence-electron chi connectivity index (χ3n) is 2.63. The van der Waals surface area contributed by atoms with Crippen molar-refractivity contribution < 1.29 is 22.7 Å². The molecule has 0 bridgehead atoms. The van der Waals surface area contributed by atoms with Crippen LogP contribution in [0.1, 0.15) is 27.2 Å². The largest absolute Gasteiger partial charge is 0.465 e. The average Bonchev–Trinajstić information content (AvgIpc) is 2.31. The van der Waals surface area contributed by atoms with Crippen molar-refractivity contribution in [1.82, 2.24) is 4.90 Å².